The van der Waals surface area contributed by atoms with Crippen LogP contribution in [-0.4, -0.2) is 23.3 Å². The molecule has 0 aliphatic heterocycles. The Labute approximate surface area is 421 Å². The zero-order valence-electron chi connectivity index (χ0n) is 36.6. The number of benzene rings is 3. The third-order valence-corrected chi connectivity index (χ3v) is 21.0. The van der Waals surface area contributed by atoms with Gasteiger partial charge in [-0.15, -0.1) is 79.4 Å². The monoisotopic (exact) mass is 1010 g/mol. The van der Waals surface area contributed by atoms with Gasteiger partial charge in [-0.3, -0.25) is 0 Å². The van der Waals surface area contributed by atoms with Gasteiger partial charge in [0.05, 0.1) is 18.6 Å². The van der Waals surface area contributed by atoms with E-state index in [-0.39, 0.29) is 17.6 Å². The highest BCUT2D eigenvalue weighted by Gasteiger charge is 2.39. The van der Waals surface area contributed by atoms with E-state index < -0.39 is 5.97 Å². The van der Waals surface area contributed by atoms with E-state index in [1.165, 1.54) is 61.1 Å². The molecule has 11 rings (SSSR count). The average molecular weight is 1020 g/mol. The summed E-state index contributed by atoms with van der Waals surface area (Å²) in [5.74, 6) is -0.492. The number of nitriles is 1. The van der Waals surface area contributed by atoms with Crippen LogP contribution in [0.3, 0.4) is 0 Å². The number of carbonyl (C=O) groups is 1. The molecule has 0 fully saturated rings. The first kappa shape index (κ1) is 44.3. The molecular formula is C55H38N2O4S7. The van der Waals surface area contributed by atoms with Gasteiger partial charge in [0, 0.05) is 91.4 Å². The average Bonchev–Trinajstić information content (AvgIpc) is 4.21. The summed E-state index contributed by atoms with van der Waals surface area (Å²) >= 11 is 12.2. The summed E-state index contributed by atoms with van der Waals surface area (Å²) in [7, 11) is 1.69. The van der Waals surface area contributed by atoms with Gasteiger partial charge in [0.25, 0.3) is 0 Å². The number of anilines is 3. The summed E-state index contributed by atoms with van der Waals surface area (Å²) in [5, 5.41) is 29.5. The predicted molar refractivity (Wildman–Crippen MR) is 290 cm³/mol. The van der Waals surface area contributed by atoms with Crippen LogP contribution in [0.1, 0.15) is 35.4 Å². The molecule has 68 heavy (non-hydrogen) atoms. The lowest BCUT2D eigenvalue weighted by atomic mass is 9.84. The molecular weight excluding hydrogens is 977 g/mol. The fourth-order valence-electron chi connectivity index (χ4n) is 8.66. The molecule has 0 bridgehead atoms. The highest BCUT2D eigenvalue weighted by atomic mass is 32.1. The van der Waals surface area contributed by atoms with E-state index in [1.807, 2.05) is 29.5 Å². The number of thiophene rings is 7. The van der Waals surface area contributed by atoms with Crippen LogP contribution >= 0.6 is 79.4 Å². The number of fused-ring (bicyclic) bond motifs is 3. The van der Waals surface area contributed by atoms with E-state index in [0.717, 1.165) is 58.3 Å². The Morgan fingerprint density at radius 1 is 0.588 bits per heavy atom. The minimum absolute atomic E-state index is 0.131. The first-order valence-corrected chi connectivity index (χ1v) is 27.2. The van der Waals surface area contributed by atoms with Crippen LogP contribution in [0, 0.1) is 11.3 Å². The number of para-hydroxylation sites is 2. The van der Waals surface area contributed by atoms with Gasteiger partial charge in [0.15, 0.2) is 0 Å². The Hall–Kier alpha value is -6.18. The molecule has 0 atom stereocenters. The molecule has 0 spiro atoms. The topological polar surface area (TPSA) is 93.8 Å². The number of nitrogens with zero attached hydrogens (tertiary/aromatic N) is 2. The molecule has 0 radical (unpaired) electrons. The second-order valence-corrected chi connectivity index (χ2v) is 24.0. The number of hydrogen-bond acceptors (Lipinski definition) is 12. The van der Waals surface area contributed by atoms with Crippen molar-refractivity contribution in [3.05, 3.63) is 173 Å². The van der Waals surface area contributed by atoms with Gasteiger partial charge in [0.2, 0.25) is 0 Å². The number of methoxy groups -OCH3 is 1. The van der Waals surface area contributed by atoms with Crippen LogP contribution < -0.4 is 9.64 Å². The molecule has 1 aliphatic carbocycles. The fourth-order valence-corrected chi connectivity index (χ4v) is 17.2. The van der Waals surface area contributed by atoms with Crippen LogP contribution in [0.25, 0.3) is 75.0 Å². The molecule has 2 N–H and O–H groups in total. The van der Waals surface area contributed by atoms with E-state index in [4.69, 9.17) is 4.74 Å². The number of carboxylic acids is 1. The SMILES string of the molecule is COc1c(-c2ccc(-c3ccc(-c4ccc(-c5ccc(-c6cc7c(s6)-c6sc(C=C(C#N)C(=O)O)cc6C7(C)C)s5)s4)s3)s2)sc(-c2ccc(N(c3ccccc3)c3ccccc3)cc2)c1CO. The highest BCUT2D eigenvalue weighted by Crippen LogP contribution is 2.58. The van der Waals surface area contributed by atoms with Crippen LogP contribution in [-0.2, 0) is 16.8 Å². The van der Waals surface area contributed by atoms with Crippen molar-refractivity contribution < 1.29 is 19.7 Å². The number of rotatable bonds is 13. The van der Waals surface area contributed by atoms with E-state index in [1.54, 1.807) is 81.2 Å². The summed E-state index contributed by atoms with van der Waals surface area (Å²) in [6.45, 7) is 4.30. The molecule has 334 valence electrons. The van der Waals surface area contributed by atoms with Crippen molar-refractivity contribution in [2.45, 2.75) is 25.9 Å². The molecule has 13 heteroatoms. The number of aliphatic carboxylic acids is 1. The van der Waals surface area contributed by atoms with E-state index >= 15 is 0 Å². The normalized spacial score (nSPS) is 12.8. The van der Waals surface area contributed by atoms with Crippen molar-refractivity contribution in [1.29, 1.82) is 5.26 Å². The summed E-state index contributed by atoms with van der Waals surface area (Å²) in [4.78, 5) is 29.8. The zero-order chi connectivity index (χ0) is 46.7. The quantitative estimate of drug-likeness (QED) is 0.0883. The molecule has 6 nitrogen and oxygen atoms in total. The van der Waals surface area contributed by atoms with Crippen LogP contribution in [0.5, 0.6) is 5.75 Å². The maximum absolute atomic E-state index is 11.5. The minimum Gasteiger partial charge on any atom is -0.495 e. The standard InChI is InChI=1S/C55H38N2O4S7/c1-55(2)38-27-36(26-32(29-56)54(59)60)62-51(38)52-39(55)28-48(67-52)46-23-22-43(65-46)42-19-18-40(63-42)41-20-21-44(64-41)45-24-25-47(66-45)53-49(61-3)37(30-58)50(68-53)31-14-16-35(17-15-31)57(33-10-6-4-7-11-33)34-12-8-5-9-13-34/h4-28,58H,30H2,1-3H3,(H,59,60). The Kier molecular flexibility index (Phi) is 11.8. The van der Waals surface area contributed by atoms with E-state index in [0.29, 0.717) is 0 Å². The largest absolute Gasteiger partial charge is 0.495 e. The molecule has 1 aliphatic rings. The molecule has 3 aromatic carbocycles. The minimum atomic E-state index is -1.21. The summed E-state index contributed by atoms with van der Waals surface area (Å²) in [5.41, 5.74) is 7.01. The first-order chi connectivity index (χ1) is 33.1. The van der Waals surface area contributed by atoms with Crippen LogP contribution in [0.2, 0.25) is 0 Å². The number of aliphatic hydroxyl groups excluding tert-OH is 1. The maximum atomic E-state index is 11.5. The Bertz CT molecular complexity index is 3530. The smallest absolute Gasteiger partial charge is 0.346 e. The van der Waals surface area contributed by atoms with Gasteiger partial charge in [-0.25, -0.2) is 4.79 Å². The lowest BCUT2D eigenvalue weighted by Gasteiger charge is -2.25. The van der Waals surface area contributed by atoms with Crippen molar-refractivity contribution in [3.63, 3.8) is 0 Å². The van der Waals surface area contributed by atoms with Gasteiger partial charge >= 0.3 is 5.97 Å². The molecule has 10 aromatic rings. The van der Waals surface area contributed by atoms with Gasteiger partial charge in [-0.05, 0) is 120 Å². The van der Waals surface area contributed by atoms with E-state index in [9.17, 15) is 20.3 Å². The zero-order valence-corrected chi connectivity index (χ0v) is 42.3. The molecule has 0 saturated carbocycles. The number of carboxylic acid groups (broad SMARTS) is 1. The number of ether oxygens (including phenoxy) is 1. The Morgan fingerprint density at radius 2 is 1.06 bits per heavy atom. The summed E-state index contributed by atoms with van der Waals surface area (Å²) < 4.78 is 6.03. The first-order valence-electron chi connectivity index (χ1n) is 21.5. The predicted octanol–water partition coefficient (Wildman–Crippen LogP) is 17.4. The third kappa shape index (κ3) is 7.90. The number of hydrogen-bond donors (Lipinski definition) is 2. The van der Waals surface area contributed by atoms with Crippen molar-refractivity contribution in [2.75, 3.05) is 12.0 Å². The molecule has 7 heterocycles. The second kappa shape index (κ2) is 18.0. The van der Waals surface area contributed by atoms with Gasteiger partial charge < -0.3 is 19.8 Å². The van der Waals surface area contributed by atoms with Crippen molar-refractivity contribution in [2.24, 2.45) is 0 Å². The lowest BCUT2D eigenvalue weighted by Crippen LogP contribution is -2.13. The van der Waals surface area contributed by atoms with Crippen LogP contribution in [0.4, 0.5) is 17.1 Å². The molecule has 0 amide bonds. The van der Waals surface area contributed by atoms with Crippen molar-refractivity contribution >= 4 is 108 Å². The van der Waals surface area contributed by atoms with E-state index in [2.05, 4.69) is 146 Å². The summed E-state index contributed by atoms with van der Waals surface area (Å²) in [6.07, 6.45) is 1.48. The van der Waals surface area contributed by atoms with Gasteiger partial charge in [0.1, 0.15) is 17.4 Å². The molecule has 0 unspecified atom stereocenters. The van der Waals surface area contributed by atoms with Crippen molar-refractivity contribution in [3.8, 4) is 80.8 Å². The van der Waals surface area contributed by atoms with Gasteiger partial charge in [-0.2, -0.15) is 5.26 Å². The number of aliphatic hydroxyl groups is 1. The fraction of sp³-hybridized carbons (Fsp3) is 0.0909. The Balaban J connectivity index is 0.817. The lowest BCUT2D eigenvalue weighted by molar-refractivity contribution is -0.132. The maximum Gasteiger partial charge on any atom is 0.346 e. The molecule has 7 aromatic heterocycles. The second-order valence-electron chi connectivity index (χ2n) is 16.5. The third-order valence-electron chi connectivity index (χ3n) is 12.0. The van der Waals surface area contributed by atoms with Crippen molar-refractivity contribution in [1.82, 2.24) is 0 Å². The Morgan fingerprint density at radius 3 is 1.56 bits per heavy atom. The highest BCUT2D eigenvalue weighted by molar-refractivity contribution is 7.31. The van der Waals surface area contributed by atoms with Crippen LogP contribution in [0.15, 0.2) is 151 Å². The summed E-state index contributed by atoms with van der Waals surface area (Å²) in [6, 6.07) is 53.2. The molecule has 0 saturated heterocycles. The van der Waals surface area contributed by atoms with Gasteiger partial charge in [-0.1, -0.05) is 62.4 Å².